The molecule has 2 heteroatoms. The molecule has 0 aliphatic carbocycles. The maximum atomic E-state index is 12.4. The van der Waals surface area contributed by atoms with E-state index >= 15 is 0 Å². The predicted molar refractivity (Wildman–Crippen MR) is 86.7 cm³/mol. The van der Waals surface area contributed by atoms with Crippen molar-refractivity contribution in [3.63, 3.8) is 0 Å². The molecule has 0 bridgehead atoms. The number of hydrogen-bond acceptors (Lipinski definition) is 2. The molecular weight excluding hydrogens is 258 g/mol. The summed E-state index contributed by atoms with van der Waals surface area (Å²) in [6.07, 6.45) is 2.75. The van der Waals surface area contributed by atoms with Gasteiger partial charge in [0.05, 0.1) is 6.54 Å². The van der Waals surface area contributed by atoms with Crippen LogP contribution in [0.25, 0.3) is 0 Å². The van der Waals surface area contributed by atoms with Gasteiger partial charge in [0.1, 0.15) is 0 Å². The van der Waals surface area contributed by atoms with Crippen LogP contribution in [0.5, 0.6) is 0 Å². The number of ketones is 1. The molecule has 0 amide bonds. The fourth-order valence-electron chi connectivity index (χ4n) is 3.07. The Hall–Kier alpha value is -2.09. The Labute approximate surface area is 126 Å². The van der Waals surface area contributed by atoms with Crippen molar-refractivity contribution in [3.8, 4) is 0 Å². The second kappa shape index (κ2) is 6.13. The summed E-state index contributed by atoms with van der Waals surface area (Å²) in [5.74, 6) is 0.282. The molecule has 0 aromatic heterocycles. The molecule has 0 spiro atoms. The number of carbonyl (C=O) groups is 1. The lowest BCUT2D eigenvalue weighted by Crippen LogP contribution is -2.41. The summed E-state index contributed by atoms with van der Waals surface area (Å²) in [7, 11) is 0. The van der Waals surface area contributed by atoms with Crippen molar-refractivity contribution in [2.24, 2.45) is 0 Å². The molecule has 21 heavy (non-hydrogen) atoms. The molecule has 0 N–H and O–H groups in total. The van der Waals surface area contributed by atoms with Gasteiger partial charge < -0.3 is 4.90 Å². The van der Waals surface area contributed by atoms with E-state index in [-0.39, 0.29) is 5.78 Å². The zero-order valence-electron chi connectivity index (χ0n) is 12.5. The molecule has 0 saturated heterocycles. The standard InChI is InChI=1S/C19H21NO/c1-15-11-12-17-9-5-6-10-19(17)20(15)14-18(21)13-16-7-3-2-4-8-16/h2-10,15H,11-14H2,1H3. The molecule has 2 aromatic carbocycles. The van der Waals surface area contributed by atoms with E-state index in [1.165, 1.54) is 11.3 Å². The van der Waals surface area contributed by atoms with Crippen LogP contribution in [0.1, 0.15) is 24.5 Å². The van der Waals surface area contributed by atoms with Gasteiger partial charge in [0.15, 0.2) is 5.78 Å². The Morgan fingerprint density at radius 3 is 2.62 bits per heavy atom. The highest BCUT2D eigenvalue weighted by atomic mass is 16.1. The summed E-state index contributed by atoms with van der Waals surface area (Å²) in [6, 6.07) is 18.9. The minimum Gasteiger partial charge on any atom is -0.361 e. The molecule has 2 aromatic rings. The first-order valence-electron chi connectivity index (χ1n) is 7.64. The van der Waals surface area contributed by atoms with Crippen LogP contribution >= 0.6 is 0 Å². The van der Waals surface area contributed by atoms with Gasteiger partial charge in [-0.25, -0.2) is 0 Å². The molecule has 1 heterocycles. The Bertz CT molecular complexity index is 620. The highest BCUT2D eigenvalue weighted by molar-refractivity contribution is 5.86. The lowest BCUT2D eigenvalue weighted by Gasteiger charge is -2.36. The van der Waals surface area contributed by atoms with Crippen molar-refractivity contribution in [2.45, 2.75) is 32.2 Å². The Morgan fingerprint density at radius 1 is 1.10 bits per heavy atom. The van der Waals surface area contributed by atoms with E-state index < -0.39 is 0 Å². The van der Waals surface area contributed by atoms with Gasteiger partial charge in [0.2, 0.25) is 0 Å². The highest BCUT2D eigenvalue weighted by Gasteiger charge is 2.24. The van der Waals surface area contributed by atoms with Crippen molar-refractivity contribution in [1.82, 2.24) is 0 Å². The van der Waals surface area contributed by atoms with Crippen LogP contribution in [-0.2, 0) is 17.6 Å². The average Bonchev–Trinajstić information content (AvgIpc) is 2.51. The fourth-order valence-corrected chi connectivity index (χ4v) is 3.07. The first-order valence-corrected chi connectivity index (χ1v) is 7.64. The van der Waals surface area contributed by atoms with Crippen LogP contribution in [0.3, 0.4) is 0 Å². The largest absolute Gasteiger partial charge is 0.361 e. The quantitative estimate of drug-likeness (QED) is 0.851. The van der Waals surface area contributed by atoms with E-state index in [4.69, 9.17) is 0 Å². The number of nitrogens with zero attached hydrogens (tertiary/aromatic N) is 1. The molecule has 1 aliphatic heterocycles. The maximum Gasteiger partial charge on any atom is 0.156 e. The number of aryl methyl sites for hydroxylation is 1. The topological polar surface area (TPSA) is 20.3 Å². The number of fused-ring (bicyclic) bond motifs is 1. The van der Waals surface area contributed by atoms with Crippen molar-refractivity contribution >= 4 is 11.5 Å². The summed E-state index contributed by atoms with van der Waals surface area (Å²) in [5, 5.41) is 0. The number of hydrogen-bond donors (Lipinski definition) is 0. The molecule has 1 unspecified atom stereocenters. The third-order valence-corrected chi connectivity index (χ3v) is 4.26. The van der Waals surface area contributed by atoms with Crippen molar-refractivity contribution in [1.29, 1.82) is 0 Å². The van der Waals surface area contributed by atoms with E-state index in [1.807, 2.05) is 30.3 Å². The maximum absolute atomic E-state index is 12.4. The van der Waals surface area contributed by atoms with Gasteiger partial charge in [-0.05, 0) is 37.0 Å². The first kappa shape index (κ1) is 13.9. The molecule has 1 aliphatic rings. The SMILES string of the molecule is CC1CCc2ccccc2N1CC(=O)Cc1ccccc1. The van der Waals surface area contributed by atoms with Crippen LogP contribution in [0.15, 0.2) is 54.6 Å². The normalized spacial score (nSPS) is 17.4. The minimum atomic E-state index is 0.282. The number of rotatable bonds is 4. The number of anilines is 1. The molecule has 0 saturated carbocycles. The highest BCUT2D eigenvalue weighted by Crippen LogP contribution is 2.30. The van der Waals surface area contributed by atoms with E-state index in [0.717, 1.165) is 18.4 Å². The number of Topliss-reactive ketones (excluding diaryl/α,β-unsaturated/α-hetero) is 1. The fraction of sp³-hybridized carbons (Fsp3) is 0.316. The van der Waals surface area contributed by atoms with Gasteiger partial charge in [-0.2, -0.15) is 0 Å². The Morgan fingerprint density at radius 2 is 1.81 bits per heavy atom. The van der Waals surface area contributed by atoms with E-state index in [9.17, 15) is 4.79 Å². The minimum absolute atomic E-state index is 0.282. The third-order valence-electron chi connectivity index (χ3n) is 4.26. The predicted octanol–water partition coefficient (Wildman–Crippen LogP) is 3.64. The number of para-hydroxylation sites is 1. The molecule has 3 rings (SSSR count). The van der Waals surface area contributed by atoms with Crippen LogP contribution in [0.2, 0.25) is 0 Å². The zero-order chi connectivity index (χ0) is 14.7. The van der Waals surface area contributed by atoms with Gasteiger partial charge in [-0.1, -0.05) is 48.5 Å². The summed E-state index contributed by atoms with van der Waals surface area (Å²) < 4.78 is 0. The molecule has 2 nitrogen and oxygen atoms in total. The summed E-state index contributed by atoms with van der Waals surface area (Å²) in [6.45, 7) is 2.72. The van der Waals surface area contributed by atoms with Crippen LogP contribution < -0.4 is 4.90 Å². The molecular formula is C19H21NO. The second-order valence-corrected chi connectivity index (χ2v) is 5.85. The third kappa shape index (κ3) is 3.15. The van der Waals surface area contributed by atoms with Crippen LogP contribution in [0.4, 0.5) is 5.69 Å². The van der Waals surface area contributed by atoms with Crippen LogP contribution in [-0.4, -0.2) is 18.4 Å². The lowest BCUT2D eigenvalue weighted by molar-refractivity contribution is -0.117. The van der Waals surface area contributed by atoms with Crippen molar-refractivity contribution in [2.75, 3.05) is 11.4 Å². The van der Waals surface area contributed by atoms with Gasteiger partial charge in [-0.15, -0.1) is 0 Å². The summed E-state index contributed by atoms with van der Waals surface area (Å²) in [4.78, 5) is 14.7. The molecule has 1 atom stereocenters. The summed E-state index contributed by atoms with van der Waals surface area (Å²) in [5.41, 5.74) is 3.70. The Balaban J connectivity index is 1.73. The number of carbonyl (C=O) groups excluding carboxylic acids is 1. The summed E-state index contributed by atoms with van der Waals surface area (Å²) >= 11 is 0. The van der Waals surface area contributed by atoms with E-state index in [2.05, 4.69) is 36.1 Å². The van der Waals surface area contributed by atoms with Crippen molar-refractivity contribution < 1.29 is 4.79 Å². The number of benzene rings is 2. The monoisotopic (exact) mass is 279 g/mol. The smallest absolute Gasteiger partial charge is 0.156 e. The average molecular weight is 279 g/mol. The van der Waals surface area contributed by atoms with Crippen LogP contribution in [0, 0.1) is 0 Å². The zero-order valence-corrected chi connectivity index (χ0v) is 12.5. The van der Waals surface area contributed by atoms with E-state index in [0.29, 0.717) is 19.0 Å². The lowest BCUT2D eigenvalue weighted by atomic mass is 9.96. The van der Waals surface area contributed by atoms with Gasteiger partial charge in [0, 0.05) is 18.2 Å². The Kier molecular flexibility index (Phi) is 4.05. The first-order chi connectivity index (χ1) is 10.2. The van der Waals surface area contributed by atoms with Gasteiger partial charge in [0.25, 0.3) is 0 Å². The van der Waals surface area contributed by atoms with Crippen molar-refractivity contribution in [3.05, 3.63) is 65.7 Å². The second-order valence-electron chi connectivity index (χ2n) is 5.85. The molecule has 108 valence electrons. The van der Waals surface area contributed by atoms with Gasteiger partial charge >= 0.3 is 0 Å². The van der Waals surface area contributed by atoms with E-state index in [1.54, 1.807) is 0 Å². The molecule has 0 radical (unpaired) electrons. The van der Waals surface area contributed by atoms with Gasteiger partial charge in [-0.3, -0.25) is 4.79 Å². The molecule has 0 fully saturated rings.